The number of carbonyl (C=O) groups excluding carboxylic acids is 2. The summed E-state index contributed by atoms with van der Waals surface area (Å²) in [4.78, 5) is 43.2. The van der Waals surface area contributed by atoms with Crippen LogP contribution in [0.3, 0.4) is 0 Å². The first kappa shape index (κ1) is 28.4. The Bertz CT molecular complexity index is 1500. The molecular formula is C29H28N4O6S. The summed E-state index contributed by atoms with van der Waals surface area (Å²) in [6.45, 7) is 4.22. The van der Waals surface area contributed by atoms with Crippen LogP contribution in [0.2, 0.25) is 0 Å². The second-order valence-electron chi connectivity index (χ2n) is 9.06. The highest BCUT2D eigenvalue weighted by atomic mass is 32.2. The molecule has 4 rings (SSSR count). The minimum Gasteiger partial charge on any atom is -0.497 e. The average Bonchev–Trinajstić information content (AvgIpc) is 3.26. The molecule has 40 heavy (non-hydrogen) atoms. The van der Waals surface area contributed by atoms with Gasteiger partial charge in [0, 0.05) is 6.07 Å². The first-order chi connectivity index (χ1) is 19.2. The van der Waals surface area contributed by atoms with Crippen molar-refractivity contribution >= 4 is 51.9 Å². The van der Waals surface area contributed by atoms with E-state index in [9.17, 15) is 19.7 Å². The minimum atomic E-state index is -0.597. The number of thioether (sulfide) groups is 1. The molecule has 0 unspecified atom stereocenters. The van der Waals surface area contributed by atoms with E-state index in [0.717, 1.165) is 17.3 Å². The highest BCUT2D eigenvalue weighted by Crippen LogP contribution is 2.32. The molecule has 1 heterocycles. The molecule has 206 valence electrons. The fourth-order valence-corrected chi connectivity index (χ4v) is 4.73. The lowest BCUT2D eigenvalue weighted by Gasteiger charge is -2.18. The number of hydrogen-bond acceptors (Lipinski definition) is 8. The van der Waals surface area contributed by atoms with E-state index in [1.165, 1.54) is 42.9 Å². The van der Waals surface area contributed by atoms with Crippen LogP contribution in [0.4, 0.5) is 17.1 Å². The van der Waals surface area contributed by atoms with E-state index < -0.39 is 10.8 Å². The lowest BCUT2D eigenvalue weighted by atomic mass is 10.0. The number of nitro benzene ring substituents is 1. The summed E-state index contributed by atoms with van der Waals surface area (Å²) in [6, 6.07) is 19.0. The quantitative estimate of drug-likeness (QED) is 0.198. The number of rotatable bonds is 9. The maximum atomic E-state index is 13.5. The number of anilines is 2. The van der Waals surface area contributed by atoms with Crippen LogP contribution in [-0.2, 0) is 9.59 Å². The normalized spacial score (nSPS) is 13.9. The van der Waals surface area contributed by atoms with E-state index in [-0.39, 0.29) is 28.7 Å². The molecule has 0 bridgehead atoms. The number of aliphatic imine (C=N–C) groups is 1. The molecule has 0 aliphatic carbocycles. The molecule has 2 amide bonds. The second-order valence-corrected chi connectivity index (χ2v) is 10.0. The highest BCUT2D eigenvalue weighted by molar-refractivity contribution is 8.14. The Morgan fingerprint density at radius 2 is 1.77 bits per heavy atom. The lowest BCUT2D eigenvalue weighted by molar-refractivity contribution is -0.384. The van der Waals surface area contributed by atoms with Gasteiger partial charge in [0.2, 0.25) is 5.91 Å². The van der Waals surface area contributed by atoms with Crippen LogP contribution in [0.5, 0.6) is 11.5 Å². The molecule has 0 fully saturated rings. The Morgan fingerprint density at radius 3 is 2.42 bits per heavy atom. The van der Waals surface area contributed by atoms with E-state index in [1.54, 1.807) is 30.3 Å². The van der Waals surface area contributed by atoms with Crippen LogP contribution in [-0.4, -0.2) is 41.9 Å². The summed E-state index contributed by atoms with van der Waals surface area (Å²) in [5, 5.41) is 14.3. The third-order valence-corrected chi connectivity index (χ3v) is 6.99. The molecule has 0 spiro atoms. The first-order valence-electron chi connectivity index (χ1n) is 12.3. The van der Waals surface area contributed by atoms with E-state index in [0.29, 0.717) is 28.3 Å². The largest absolute Gasteiger partial charge is 0.497 e. The molecule has 1 N–H and O–H groups in total. The number of carbonyl (C=O) groups is 2. The van der Waals surface area contributed by atoms with E-state index in [2.05, 4.69) is 24.2 Å². The van der Waals surface area contributed by atoms with Crippen molar-refractivity contribution in [1.82, 2.24) is 0 Å². The Kier molecular flexibility index (Phi) is 8.85. The van der Waals surface area contributed by atoms with Crippen LogP contribution in [0, 0.1) is 10.1 Å². The van der Waals surface area contributed by atoms with E-state index in [4.69, 9.17) is 9.47 Å². The Hall–Kier alpha value is -4.64. The van der Waals surface area contributed by atoms with Crippen molar-refractivity contribution in [1.29, 1.82) is 0 Å². The van der Waals surface area contributed by atoms with Gasteiger partial charge in [-0.25, -0.2) is 4.99 Å². The van der Waals surface area contributed by atoms with Gasteiger partial charge in [0.1, 0.15) is 22.9 Å². The minimum absolute atomic E-state index is 0.0379. The zero-order valence-electron chi connectivity index (χ0n) is 22.4. The highest BCUT2D eigenvalue weighted by Gasteiger charge is 2.33. The number of nitrogens with zero attached hydrogens (tertiary/aromatic N) is 3. The molecule has 1 aliphatic heterocycles. The summed E-state index contributed by atoms with van der Waals surface area (Å²) in [7, 11) is 2.93. The van der Waals surface area contributed by atoms with E-state index in [1.807, 2.05) is 24.3 Å². The molecule has 0 saturated carbocycles. The first-order valence-corrected chi connectivity index (χ1v) is 13.3. The van der Waals surface area contributed by atoms with Gasteiger partial charge in [0.05, 0.1) is 36.6 Å². The summed E-state index contributed by atoms with van der Waals surface area (Å²) in [5.74, 6) is 0.234. The number of benzene rings is 3. The van der Waals surface area contributed by atoms with E-state index >= 15 is 0 Å². The second kappa shape index (κ2) is 12.5. The predicted molar refractivity (Wildman–Crippen MR) is 157 cm³/mol. The van der Waals surface area contributed by atoms with Gasteiger partial charge in [0.15, 0.2) is 5.17 Å². The molecule has 0 radical (unpaired) electrons. The summed E-state index contributed by atoms with van der Waals surface area (Å²) in [5.41, 5.74) is 2.49. The van der Waals surface area contributed by atoms with Crippen molar-refractivity contribution in [3.05, 3.63) is 93.7 Å². The van der Waals surface area contributed by atoms with Gasteiger partial charge in [-0.15, -0.1) is 0 Å². The molecule has 11 heteroatoms. The molecule has 0 atom stereocenters. The Balaban J connectivity index is 1.59. The van der Waals surface area contributed by atoms with Crippen molar-refractivity contribution in [3.63, 3.8) is 0 Å². The van der Waals surface area contributed by atoms with Gasteiger partial charge < -0.3 is 14.8 Å². The van der Waals surface area contributed by atoms with Crippen LogP contribution < -0.4 is 19.7 Å². The molecular weight excluding hydrogens is 532 g/mol. The van der Waals surface area contributed by atoms with Crippen LogP contribution in [0.25, 0.3) is 6.08 Å². The van der Waals surface area contributed by atoms with Crippen molar-refractivity contribution < 1.29 is 24.0 Å². The third kappa shape index (κ3) is 6.49. The fraction of sp³-hybridized carbons (Fsp3) is 0.207. The SMILES string of the molecule is COc1cccc(N2C(=O)/C(=C/c3ccc(C(C)C)cc3)N=C2SCC(=O)Nc2ccc(OC)cc2[N+](=O)[O-])c1. The van der Waals surface area contributed by atoms with Gasteiger partial charge in [-0.3, -0.25) is 24.6 Å². The van der Waals surface area contributed by atoms with Gasteiger partial charge >= 0.3 is 0 Å². The van der Waals surface area contributed by atoms with Crippen LogP contribution in [0.15, 0.2) is 77.4 Å². The van der Waals surface area contributed by atoms with Crippen molar-refractivity contribution in [2.45, 2.75) is 19.8 Å². The maximum Gasteiger partial charge on any atom is 0.296 e. The van der Waals surface area contributed by atoms with Crippen molar-refractivity contribution in [2.24, 2.45) is 4.99 Å². The zero-order chi connectivity index (χ0) is 28.8. The number of nitrogens with one attached hydrogen (secondary N) is 1. The zero-order valence-corrected chi connectivity index (χ0v) is 23.2. The average molecular weight is 561 g/mol. The molecule has 3 aromatic carbocycles. The Labute approximate surface area is 235 Å². The molecule has 3 aromatic rings. The summed E-state index contributed by atoms with van der Waals surface area (Å²) < 4.78 is 10.4. The fourth-order valence-electron chi connectivity index (χ4n) is 3.92. The van der Waals surface area contributed by atoms with Crippen LogP contribution >= 0.6 is 11.8 Å². The van der Waals surface area contributed by atoms with Crippen molar-refractivity contribution in [3.8, 4) is 11.5 Å². The number of hydrogen-bond donors (Lipinski definition) is 1. The van der Waals surface area contributed by atoms with Gasteiger partial charge in [-0.1, -0.05) is 55.9 Å². The lowest BCUT2D eigenvalue weighted by Crippen LogP contribution is -2.31. The van der Waals surface area contributed by atoms with Gasteiger partial charge in [-0.2, -0.15) is 0 Å². The molecule has 10 nitrogen and oxygen atoms in total. The predicted octanol–water partition coefficient (Wildman–Crippen LogP) is 5.85. The molecule has 0 aromatic heterocycles. The number of nitro groups is 1. The summed E-state index contributed by atoms with van der Waals surface area (Å²) >= 11 is 1.04. The standard InChI is InChI=1S/C29H28N4O6S/c1-18(2)20-10-8-19(9-11-20)14-25-28(35)32(21-6-5-7-22(15-21)38-3)29(31-25)40-17-27(34)30-24-13-12-23(39-4)16-26(24)33(36)37/h5-16,18H,17H2,1-4H3,(H,30,34)/b25-14-. The Morgan fingerprint density at radius 1 is 1.07 bits per heavy atom. The van der Waals surface area contributed by atoms with Gasteiger partial charge in [0.25, 0.3) is 11.6 Å². The monoisotopic (exact) mass is 560 g/mol. The third-order valence-electron chi connectivity index (χ3n) is 6.06. The smallest absolute Gasteiger partial charge is 0.296 e. The summed E-state index contributed by atoms with van der Waals surface area (Å²) in [6.07, 6.45) is 1.70. The van der Waals surface area contributed by atoms with Gasteiger partial charge in [-0.05, 0) is 47.4 Å². The number of methoxy groups -OCH3 is 2. The topological polar surface area (TPSA) is 123 Å². The number of amidine groups is 1. The molecule has 1 aliphatic rings. The number of amides is 2. The molecule has 0 saturated heterocycles. The van der Waals surface area contributed by atoms with Crippen molar-refractivity contribution in [2.75, 3.05) is 30.2 Å². The number of ether oxygens (including phenoxy) is 2. The maximum absolute atomic E-state index is 13.5. The van der Waals surface area contributed by atoms with Crippen LogP contribution in [0.1, 0.15) is 30.9 Å².